The molecule has 1 N–H and O–H groups in total. The van der Waals surface area contributed by atoms with Crippen LogP contribution >= 0.6 is 15.4 Å². The molecular weight excluding hydrogens is 562 g/mol. The van der Waals surface area contributed by atoms with Gasteiger partial charge in [-0.25, -0.2) is 4.57 Å². The molecule has 0 aliphatic rings. The maximum atomic E-state index is 13.8. The molecule has 0 bridgehead atoms. The number of hydrogen-bond acceptors (Lipinski definition) is 8. The molecule has 41 heavy (non-hydrogen) atoms. The van der Waals surface area contributed by atoms with Gasteiger partial charge in [-0.2, -0.15) is 0 Å². The van der Waals surface area contributed by atoms with Crippen LogP contribution < -0.4 is 0 Å². The summed E-state index contributed by atoms with van der Waals surface area (Å²) in [5.41, 5.74) is 3.11. The van der Waals surface area contributed by atoms with Crippen LogP contribution in [-0.2, 0) is 58.2 Å². The Balaban J connectivity index is 1.40. The predicted octanol–water partition coefficient (Wildman–Crippen LogP) is 7.88. The molecule has 0 aliphatic heterocycles. The first kappa shape index (κ1) is 31.0. The summed E-state index contributed by atoms with van der Waals surface area (Å²) in [5.74, 6) is -1.55. The van der Waals surface area contributed by atoms with Gasteiger partial charge in [-0.1, -0.05) is 121 Å². The lowest BCUT2D eigenvalue weighted by molar-refractivity contribution is 0.0837. The van der Waals surface area contributed by atoms with Gasteiger partial charge < -0.3 is 14.2 Å². The van der Waals surface area contributed by atoms with Crippen LogP contribution in [-0.4, -0.2) is 17.6 Å². The molecule has 8 nitrogen and oxygen atoms in total. The molecule has 1 atom stereocenters. The Morgan fingerprint density at radius 3 is 1.15 bits per heavy atom. The van der Waals surface area contributed by atoms with Crippen molar-refractivity contribution in [1.29, 1.82) is 0 Å². The molecule has 4 aromatic carbocycles. The van der Waals surface area contributed by atoms with Crippen LogP contribution in [0.3, 0.4) is 0 Å². The number of aliphatic hydroxyl groups is 1. The highest BCUT2D eigenvalue weighted by Crippen LogP contribution is 2.56. The summed E-state index contributed by atoms with van der Waals surface area (Å²) in [4.78, 5) is 0. The molecule has 0 aliphatic carbocycles. The van der Waals surface area contributed by atoms with Gasteiger partial charge in [0.15, 0.2) is 5.85 Å². The van der Waals surface area contributed by atoms with Crippen molar-refractivity contribution < 1.29 is 36.9 Å². The van der Waals surface area contributed by atoms with Crippen molar-refractivity contribution in [3.63, 3.8) is 0 Å². The Kier molecular flexibility index (Phi) is 12.1. The fourth-order valence-corrected chi connectivity index (χ4v) is 6.35. The van der Waals surface area contributed by atoms with Gasteiger partial charge in [-0.05, 0) is 22.3 Å². The number of phosphoric acid groups is 1. The Hall–Kier alpha value is -2.90. The van der Waals surface area contributed by atoms with E-state index in [0.29, 0.717) is 0 Å². The van der Waals surface area contributed by atoms with E-state index in [9.17, 15) is 14.2 Å². The Morgan fingerprint density at radius 2 is 0.805 bits per heavy atom. The van der Waals surface area contributed by atoms with Crippen molar-refractivity contribution in [2.45, 2.75) is 38.7 Å². The molecule has 4 rings (SSSR count). The van der Waals surface area contributed by atoms with Gasteiger partial charge in [0.05, 0.1) is 33.0 Å². The van der Waals surface area contributed by atoms with Gasteiger partial charge in [0.25, 0.3) is 0 Å². The minimum Gasteiger partial charge on any atom is -0.380 e. The van der Waals surface area contributed by atoms with Gasteiger partial charge in [0.2, 0.25) is 0 Å². The summed E-state index contributed by atoms with van der Waals surface area (Å²) in [5, 5.41) is 11.0. The fraction of sp³-hybridized carbons (Fsp3) is 0.226. The van der Waals surface area contributed by atoms with Gasteiger partial charge >= 0.3 is 15.4 Å². The van der Waals surface area contributed by atoms with Crippen LogP contribution in [0.5, 0.6) is 0 Å². The zero-order valence-corrected chi connectivity index (χ0v) is 24.4. The smallest absolute Gasteiger partial charge is 0.380 e. The SMILES string of the molecule is O=P(OCCC(O)P(=O)(OCc1ccccc1)OCc1ccccc1)(OCc1ccccc1)OCc1ccccc1. The van der Waals surface area contributed by atoms with Crippen molar-refractivity contribution in [3.8, 4) is 0 Å². The molecule has 10 heteroatoms. The van der Waals surface area contributed by atoms with Crippen LogP contribution in [0.4, 0.5) is 0 Å². The normalized spacial score (nSPS) is 12.7. The summed E-state index contributed by atoms with van der Waals surface area (Å²) >= 11 is 0. The zero-order valence-electron chi connectivity index (χ0n) is 22.6. The van der Waals surface area contributed by atoms with E-state index in [4.69, 9.17) is 22.6 Å². The molecule has 0 spiro atoms. The van der Waals surface area contributed by atoms with E-state index in [1.807, 2.05) is 121 Å². The van der Waals surface area contributed by atoms with E-state index in [-0.39, 0.29) is 39.5 Å². The van der Waals surface area contributed by atoms with Crippen LogP contribution in [0, 0.1) is 0 Å². The molecule has 1 unspecified atom stereocenters. The highest BCUT2D eigenvalue weighted by Gasteiger charge is 2.36. The van der Waals surface area contributed by atoms with Crippen molar-refractivity contribution in [3.05, 3.63) is 144 Å². The molecule has 0 heterocycles. The maximum absolute atomic E-state index is 13.8. The van der Waals surface area contributed by atoms with Crippen molar-refractivity contribution >= 4 is 15.4 Å². The first-order valence-electron chi connectivity index (χ1n) is 13.2. The third kappa shape index (κ3) is 10.5. The van der Waals surface area contributed by atoms with Gasteiger partial charge in [-0.3, -0.25) is 18.1 Å². The Bertz CT molecular complexity index is 1290. The van der Waals surface area contributed by atoms with E-state index >= 15 is 0 Å². The first-order chi connectivity index (χ1) is 19.9. The predicted molar refractivity (Wildman–Crippen MR) is 157 cm³/mol. The van der Waals surface area contributed by atoms with E-state index in [1.54, 1.807) is 0 Å². The van der Waals surface area contributed by atoms with Crippen LogP contribution in [0.1, 0.15) is 28.7 Å². The second-order valence-corrected chi connectivity index (χ2v) is 13.0. The summed E-state index contributed by atoms with van der Waals surface area (Å²) in [6, 6.07) is 36.8. The zero-order chi connectivity index (χ0) is 28.8. The number of benzene rings is 4. The number of phosphoric ester groups is 1. The summed E-state index contributed by atoms with van der Waals surface area (Å²) in [7, 11) is -8.11. The number of aliphatic hydroxyl groups excluding tert-OH is 1. The molecule has 0 saturated heterocycles. The summed E-state index contributed by atoms with van der Waals surface area (Å²) in [6.07, 6.45) is -0.200. The Labute approximate surface area is 241 Å². The largest absolute Gasteiger partial charge is 0.475 e. The molecular formula is C31H34O8P2. The van der Waals surface area contributed by atoms with Crippen molar-refractivity contribution in [2.75, 3.05) is 6.61 Å². The molecule has 4 aromatic rings. The molecule has 216 valence electrons. The quantitative estimate of drug-likeness (QED) is 0.123. The Morgan fingerprint density at radius 1 is 0.488 bits per heavy atom. The highest BCUT2D eigenvalue weighted by atomic mass is 31.2. The van der Waals surface area contributed by atoms with E-state index in [1.165, 1.54) is 0 Å². The number of hydrogen-bond donors (Lipinski definition) is 1. The first-order valence-corrected chi connectivity index (χ1v) is 16.3. The number of rotatable bonds is 17. The minimum atomic E-state index is -4.07. The van der Waals surface area contributed by atoms with E-state index in [2.05, 4.69) is 0 Å². The second-order valence-electron chi connectivity index (χ2n) is 9.13. The minimum absolute atomic E-state index is 0.00563. The monoisotopic (exact) mass is 596 g/mol. The van der Waals surface area contributed by atoms with E-state index in [0.717, 1.165) is 22.3 Å². The molecule has 0 fully saturated rings. The molecule has 0 saturated carbocycles. The topological polar surface area (TPSA) is 101 Å². The molecule has 0 aromatic heterocycles. The molecule has 0 radical (unpaired) electrons. The van der Waals surface area contributed by atoms with Gasteiger partial charge in [0, 0.05) is 6.42 Å². The average Bonchev–Trinajstić information content (AvgIpc) is 3.03. The third-order valence-electron chi connectivity index (χ3n) is 5.96. The lowest BCUT2D eigenvalue weighted by Crippen LogP contribution is -2.15. The van der Waals surface area contributed by atoms with Crippen LogP contribution in [0.2, 0.25) is 0 Å². The highest BCUT2D eigenvalue weighted by molar-refractivity contribution is 7.54. The maximum Gasteiger partial charge on any atom is 0.475 e. The second kappa shape index (κ2) is 15.9. The van der Waals surface area contributed by atoms with Crippen molar-refractivity contribution in [2.24, 2.45) is 0 Å². The van der Waals surface area contributed by atoms with Gasteiger partial charge in [0.1, 0.15) is 0 Å². The van der Waals surface area contributed by atoms with Crippen LogP contribution in [0.25, 0.3) is 0 Å². The van der Waals surface area contributed by atoms with Gasteiger partial charge in [-0.15, -0.1) is 0 Å². The van der Waals surface area contributed by atoms with Crippen LogP contribution in [0.15, 0.2) is 121 Å². The summed E-state index contributed by atoms with van der Waals surface area (Å²) in [6.45, 7) is -0.342. The lowest BCUT2D eigenvalue weighted by Gasteiger charge is -2.24. The summed E-state index contributed by atoms with van der Waals surface area (Å²) < 4.78 is 55.5. The van der Waals surface area contributed by atoms with Crippen molar-refractivity contribution in [1.82, 2.24) is 0 Å². The van der Waals surface area contributed by atoms with E-state index < -0.39 is 21.3 Å². The standard InChI is InChI=1S/C31H34O8P2/c32-31(40(33,36-23-27-13-5-1-6-14-27)37-24-28-15-7-2-8-16-28)21-22-35-41(34,38-25-29-17-9-3-10-18-29)39-26-30-19-11-4-12-20-30/h1-20,31-32H,21-26H2. The third-order valence-corrected chi connectivity index (χ3v) is 9.32. The average molecular weight is 597 g/mol. The molecule has 0 amide bonds. The lowest BCUT2D eigenvalue weighted by atomic mass is 10.2. The fourth-order valence-electron chi connectivity index (χ4n) is 3.68.